The van der Waals surface area contributed by atoms with Crippen molar-refractivity contribution in [1.82, 2.24) is 10.3 Å². The van der Waals surface area contributed by atoms with Crippen molar-refractivity contribution in [2.24, 2.45) is 5.92 Å². The van der Waals surface area contributed by atoms with Crippen LogP contribution in [0.3, 0.4) is 0 Å². The molecule has 1 aliphatic carbocycles. The van der Waals surface area contributed by atoms with Gasteiger partial charge >= 0.3 is 0 Å². The number of rotatable bonds is 6. The molecule has 1 amide bonds. The van der Waals surface area contributed by atoms with Crippen LogP contribution in [0, 0.1) is 19.8 Å². The zero-order valence-corrected chi connectivity index (χ0v) is 16.4. The molecule has 0 aliphatic heterocycles. The molecule has 27 heavy (non-hydrogen) atoms. The first-order valence-corrected chi connectivity index (χ1v) is 9.43. The van der Waals surface area contributed by atoms with Crippen LogP contribution in [-0.2, 0) is 4.79 Å². The van der Waals surface area contributed by atoms with E-state index in [1.165, 1.54) is 0 Å². The Balaban J connectivity index is 1.77. The molecule has 0 bridgehead atoms. The Morgan fingerprint density at radius 1 is 1.22 bits per heavy atom. The van der Waals surface area contributed by atoms with Gasteiger partial charge in [-0.05, 0) is 75.8 Å². The summed E-state index contributed by atoms with van der Waals surface area (Å²) in [5, 5.41) is 12.8. The number of aliphatic hydroxyl groups is 1. The summed E-state index contributed by atoms with van der Waals surface area (Å²) in [6.45, 7) is 7.56. The van der Waals surface area contributed by atoms with Crippen molar-refractivity contribution in [3.05, 3.63) is 59.4 Å². The van der Waals surface area contributed by atoms with Gasteiger partial charge in [-0.15, -0.1) is 0 Å². The standard InChI is InChI=1S/C22H28N2O3/c1-14-8-7-10-19(15(14)2)27-22(3,4)21(26)24-20(16-12-17(25)13-16)18-9-5-6-11-23-18/h5-11,16-17,20,25H,12-13H2,1-4H3,(H,24,26)/t16?,17?,20-/m0/s1. The number of pyridine rings is 1. The van der Waals surface area contributed by atoms with Gasteiger partial charge in [0.2, 0.25) is 0 Å². The molecule has 0 saturated heterocycles. The van der Waals surface area contributed by atoms with Gasteiger partial charge in [0.05, 0.1) is 17.8 Å². The van der Waals surface area contributed by atoms with E-state index in [9.17, 15) is 9.90 Å². The minimum atomic E-state index is -1.03. The maximum absolute atomic E-state index is 13.0. The summed E-state index contributed by atoms with van der Waals surface area (Å²) in [4.78, 5) is 17.5. The number of carbonyl (C=O) groups is 1. The molecule has 5 nitrogen and oxygen atoms in total. The number of nitrogens with one attached hydrogen (secondary N) is 1. The Hall–Kier alpha value is -2.40. The second kappa shape index (κ2) is 7.69. The Morgan fingerprint density at radius 2 is 1.96 bits per heavy atom. The van der Waals surface area contributed by atoms with Crippen molar-refractivity contribution in [2.75, 3.05) is 0 Å². The second-order valence-corrected chi connectivity index (χ2v) is 7.90. The largest absolute Gasteiger partial charge is 0.478 e. The predicted molar refractivity (Wildman–Crippen MR) is 104 cm³/mol. The summed E-state index contributed by atoms with van der Waals surface area (Å²) in [6.07, 6.45) is 2.76. The van der Waals surface area contributed by atoms with Crippen molar-refractivity contribution in [2.45, 2.75) is 58.3 Å². The van der Waals surface area contributed by atoms with E-state index in [0.717, 1.165) is 16.8 Å². The van der Waals surface area contributed by atoms with Gasteiger partial charge in [0.25, 0.3) is 5.91 Å². The number of benzene rings is 1. The van der Waals surface area contributed by atoms with Crippen molar-refractivity contribution in [3.63, 3.8) is 0 Å². The third-order valence-corrected chi connectivity index (χ3v) is 5.38. The molecule has 3 rings (SSSR count). The van der Waals surface area contributed by atoms with Crippen LogP contribution in [0.4, 0.5) is 0 Å². The Morgan fingerprint density at radius 3 is 2.59 bits per heavy atom. The Labute approximate surface area is 160 Å². The number of ether oxygens (including phenoxy) is 1. The highest BCUT2D eigenvalue weighted by Crippen LogP contribution is 2.38. The fourth-order valence-electron chi connectivity index (χ4n) is 3.37. The smallest absolute Gasteiger partial charge is 0.264 e. The van der Waals surface area contributed by atoms with Gasteiger partial charge < -0.3 is 15.2 Å². The van der Waals surface area contributed by atoms with Crippen LogP contribution in [0.5, 0.6) is 5.75 Å². The molecule has 1 aromatic carbocycles. The maximum Gasteiger partial charge on any atom is 0.264 e. The van der Waals surface area contributed by atoms with E-state index < -0.39 is 5.60 Å². The number of amides is 1. The molecule has 0 spiro atoms. The number of carbonyl (C=O) groups excluding carboxylic acids is 1. The molecule has 5 heteroatoms. The number of hydrogen-bond donors (Lipinski definition) is 2. The summed E-state index contributed by atoms with van der Waals surface area (Å²) in [5.41, 5.74) is 1.93. The molecule has 0 unspecified atom stereocenters. The third kappa shape index (κ3) is 4.30. The minimum Gasteiger partial charge on any atom is -0.478 e. The first-order chi connectivity index (χ1) is 12.8. The van der Waals surface area contributed by atoms with Gasteiger partial charge in [0.15, 0.2) is 5.60 Å². The highest BCUT2D eigenvalue weighted by Gasteiger charge is 2.39. The van der Waals surface area contributed by atoms with Crippen LogP contribution in [0.25, 0.3) is 0 Å². The highest BCUT2D eigenvalue weighted by molar-refractivity contribution is 5.85. The van der Waals surface area contributed by atoms with Crippen molar-refractivity contribution >= 4 is 5.91 Å². The lowest BCUT2D eigenvalue weighted by atomic mass is 9.76. The summed E-state index contributed by atoms with van der Waals surface area (Å²) >= 11 is 0. The number of hydrogen-bond acceptors (Lipinski definition) is 4. The molecule has 1 aliphatic rings. The molecule has 144 valence electrons. The summed E-state index contributed by atoms with van der Waals surface area (Å²) < 4.78 is 6.08. The van der Waals surface area contributed by atoms with Gasteiger partial charge in [0.1, 0.15) is 5.75 Å². The molecule has 1 aromatic heterocycles. The van der Waals surface area contributed by atoms with Gasteiger partial charge in [-0.25, -0.2) is 0 Å². The number of nitrogens with zero attached hydrogens (tertiary/aromatic N) is 1. The normalized spacial score (nSPS) is 20.5. The van der Waals surface area contributed by atoms with Crippen molar-refractivity contribution in [1.29, 1.82) is 0 Å². The molecule has 2 N–H and O–H groups in total. The van der Waals surface area contributed by atoms with E-state index in [-0.39, 0.29) is 24.0 Å². The van der Waals surface area contributed by atoms with Crippen molar-refractivity contribution in [3.8, 4) is 5.75 Å². The lowest BCUT2D eigenvalue weighted by Crippen LogP contribution is -2.51. The van der Waals surface area contributed by atoms with Crippen LogP contribution in [0.15, 0.2) is 42.6 Å². The lowest BCUT2D eigenvalue weighted by Gasteiger charge is -2.39. The molecule has 0 radical (unpaired) electrons. The van der Waals surface area contributed by atoms with Gasteiger partial charge in [0, 0.05) is 6.20 Å². The molecular formula is C22H28N2O3. The quantitative estimate of drug-likeness (QED) is 0.819. The van der Waals surface area contributed by atoms with Crippen molar-refractivity contribution < 1.29 is 14.6 Å². The molecule has 1 atom stereocenters. The lowest BCUT2D eigenvalue weighted by molar-refractivity contribution is -0.136. The summed E-state index contributed by atoms with van der Waals surface area (Å²) in [6, 6.07) is 11.3. The van der Waals surface area contributed by atoms with Gasteiger partial charge in [-0.1, -0.05) is 18.2 Å². The molecule has 2 aromatic rings. The Kier molecular flexibility index (Phi) is 5.51. The monoisotopic (exact) mass is 368 g/mol. The van der Waals surface area contributed by atoms with Gasteiger partial charge in [-0.3, -0.25) is 9.78 Å². The van der Waals surface area contributed by atoms with Crippen LogP contribution >= 0.6 is 0 Å². The predicted octanol–water partition coefficient (Wildman–Crippen LogP) is 3.48. The SMILES string of the molecule is Cc1cccc(OC(C)(C)C(=O)N[C@H](c2ccccn2)C2CC(O)C2)c1C. The van der Waals surface area contributed by atoms with E-state index >= 15 is 0 Å². The molecular weight excluding hydrogens is 340 g/mol. The first-order valence-electron chi connectivity index (χ1n) is 9.43. The van der Waals surface area contributed by atoms with Gasteiger partial charge in [-0.2, -0.15) is 0 Å². The van der Waals surface area contributed by atoms with Crippen LogP contribution in [0.2, 0.25) is 0 Å². The highest BCUT2D eigenvalue weighted by atomic mass is 16.5. The summed E-state index contributed by atoms with van der Waals surface area (Å²) in [7, 11) is 0. The zero-order chi connectivity index (χ0) is 19.6. The first kappa shape index (κ1) is 19.4. The average Bonchev–Trinajstić information content (AvgIpc) is 2.61. The molecule has 1 heterocycles. The van der Waals surface area contributed by atoms with E-state index in [1.54, 1.807) is 20.0 Å². The number of aliphatic hydroxyl groups excluding tert-OH is 1. The summed E-state index contributed by atoms with van der Waals surface area (Å²) in [5.74, 6) is 0.694. The molecule has 1 saturated carbocycles. The van der Waals surface area contributed by atoms with E-state index in [2.05, 4.69) is 10.3 Å². The molecule has 1 fully saturated rings. The fourth-order valence-corrected chi connectivity index (χ4v) is 3.37. The van der Waals surface area contributed by atoms with E-state index in [1.807, 2.05) is 50.2 Å². The number of aromatic nitrogens is 1. The minimum absolute atomic E-state index is 0.176. The zero-order valence-electron chi connectivity index (χ0n) is 16.4. The van der Waals surface area contributed by atoms with E-state index in [4.69, 9.17) is 4.74 Å². The van der Waals surface area contributed by atoms with Crippen LogP contribution in [0.1, 0.15) is 49.6 Å². The average molecular weight is 368 g/mol. The van der Waals surface area contributed by atoms with Crippen LogP contribution < -0.4 is 10.1 Å². The third-order valence-electron chi connectivity index (χ3n) is 5.38. The second-order valence-electron chi connectivity index (χ2n) is 7.90. The maximum atomic E-state index is 13.0. The fraction of sp³-hybridized carbons (Fsp3) is 0.455. The topological polar surface area (TPSA) is 71.5 Å². The van der Waals surface area contributed by atoms with E-state index in [0.29, 0.717) is 18.6 Å². The number of aryl methyl sites for hydroxylation is 1. The van der Waals surface area contributed by atoms with Crippen LogP contribution in [-0.4, -0.2) is 27.7 Å². The Bertz CT molecular complexity index is 798.